The van der Waals surface area contributed by atoms with Gasteiger partial charge >= 0.3 is 0 Å². The predicted molar refractivity (Wildman–Crippen MR) is 128 cm³/mol. The maximum absolute atomic E-state index is 13.0. The number of carbonyl (C=O) groups is 2. The Morgan fingerprint density at radius 2 is 1.72 bits per heavy atom. The minimum absolute atomic E-state index is 0.0208. The molecular weight excluding hydrogens is 400 g/mol. The Bertz CT molecular complexity index is 1030. The van der Waals surface area contributed by atoms with Gasteiger partial charge in [0.2, 0.25) is 11.8 Å². The third-order valence-electron chi connectivity index (χ3n) is 5.62. The summed E-state index contributed by atoms with van der Waals surface area (Å²) in [5, 5.41) is 2.96. The summed E-state index contributed by atoms with van der Waals surface area (Å²) >= 11 is 0. The molecule has 2 aromatic carbocycles. The minimum atomic E-state index is 0.0208. The number of benzene rings is 2. The van der Waals surface area contributed by atoms with Gasteiger partial charge in [-0.15, -0.1) is 0 Å². The van der Waals surface area contributed by atoms with Crippen molar-refractivity contribution in [3.8, 4) is 0 Å². The Labute approximate surface area is 190 Å². The molecule has 1 heterocycles. The average Bonchev–Trinajstić information content (AvgIpc) is 3.13. The molecule has 2 amide bonds. The number of nitrogens with zero attached hydrogens (tertiary/aromatic N) is 3. The number of fused-ring (bicyclic) bond motifs is 1. The van der Waals surface area contributed by atoms with E-state index >= 15 is 0 Å². The lowest BCUT2D eigenvalue weighted by atomic mass is 10.1. The highest BCUT2D eigenvalue weighted by molar-refractivity contribution is 5.81. The lowest BCUT2D eigenvalue weighted by molar-refractivity contribution is -0.131. The first-order valence-electron chi connectivity index (χ1n) is 11.5. The van der Waals surface area contributed by atoms with E-state index in [2.05, 4.69) is 9.88 Å². The fraction of sp³-hybridized carbons (Fsp3) is 0.423. The fourth-order valence-electron chi connectivity index (χ4n) is 3.69. The highest BCUT2D eigenvalue weighted by atomic mass is 16.2. The number of aromatic nitrogens is 2. The number of hydrogen-bond donors (Lipinski definition) is 1. The van der Waals surface area contributed by atoms with Gasteiger partial charge in [0.25, 0.3) is 0 Å². The second kappa shape index (κ2) is 11.5. The number of rotatable bonds is 11. The number of unbranched alkanes of at least 4 members (excludes halogenated alkanes) is 2. The maximum atomic E-state index is 13.0. The number of nitrogens with one attached hydrogen (secondary N) is 1. The Morgan fingerprint density at radius 1 is 1.00 bits per heavy atom. The van der Waals surface area contributed by atoms with Gasteiger partial charge in [-0.3, -0.25) is 9.59 Å². The zero-order valence-corrected chi connectivity index (χ0v) is 19.4. The first-order chi connectivity index (χ1) is 15.5. The molecule has 0 saturated heterocycles. The van der Waals surface area contributed by atoms with Crippen molar-refractivity contribution in [1.82, 2.24) is 19.8 Å². The number of imidazole rings is 1. The summed E-state index contributed by atoms with van der Waals surface area (Å²) < 4.78 is 2.06. The van der Waals surface area contributed by atoms with Crippen molar-refractivity contribution in [3.63, 3.8) is 0 Å². The Hall–Kier alpha value is -3.15. The van der Waals surface area contributed by atoms with Crippen LogP contribution in [0.25, 0.3) is 11.0 Å². The lowest BCUT2D eigenvalue weighted by Gasteiger charge is -2.19. The van der Waals surface area contributed by atoms with E-state index in [1.807, 2.05) is 75.5 Å². The third-order valence-corrected chi connectivity index (χ3v) is 5.62. The van der Waals surface area contributed by atoms with Crippen LogP contribution in [0.3, 0.4) is 0 Å². The molecular formula is C26H34N4O2. The van der Waals surface area contributed by atoms with Crippen LogP contribution in [0.2, 0.25) is 0 Å². The second-order valence-corrected chi connectivity index (χ2v) is 8.59. The van der Waals surface area contributed by atoms with Crippen molar-refractivity contribution in [2.75, 3.05) is 13.6 Å². The summed E-state index contributed by atoms with van der Waals surface area (Å²) in [4.78, 5) is 31.2. The molecule has 3 aromatic rings. The van der Waals surface area contributed by atoms with Gasteiger partial charge in [-0.25, -0.2) is 4.98 Å². The van der Waals surface area contributed by atoms with E-state index in [4.69, 9.17) is 4.98 Å². The van der Waals surface area contributed by atoms with Gasteiger partial charge in [0.05, 0.1) is 11.0 Å². The van der Waals surface area contributed by atoms with Crippen molar-refractivity contribution < 1.29 is 9.59 Å². The van der Waals surface area contributed by atoms with Gasteiger partial charge in [0, 0.05) is 32.5 Å². The van der Waals surface area contributed by atoms with Crippen molar-refractivity contribution in [2.24, 2.45) is 5.92 Å². The van der Waals surface area contributed by atoms with Gasteiger partial charge in [-0.1, -0.05) is 62.7 Å². The van der Waals surface area contributed by atoms with Gasteiger partial charge in [0.15, 0.2) is 0 Å². The van der Waals surface area contributed by atoms with E-state index in [0.717, 1.165) is 48.1 Å². The first-order valence-corrected chi connectivity index (χ1v) is 11.5. The molecule has 0 fully saturated rings. The predicted octanol–water partition coefficient (Wildman–Crippen LogP) is 4.18. The summed E-state index contributed by atoms with van der Waals surface area (Å²) in [6.45, 7) is 5.38. The highest BCUT2D eigenvalue weighted by Crippen LogP contribution is 2.18. The smallest absolute Gasteiger partial charge is 0.242 e. The van der Waals surface area contributed by atoms with E-state index < -0.39 is 0 Å². The van der Waals surface area contributed by atoms with Crippen LogP contribution >= 0.6 is 0 Å². The van der Waals surface area contributed by atoms with Crippen molar-refractivity contribution in [2.45, 2.75) is 52.6 Å². The minimum Gasteiger partial charge on any atom is -0.356 e. The van der Waals surface area contributed by atoms with Crippen LogP contribution < -0.4 is 5.32 Å². The van der Waals surface area contributed by atoms with Gasteiger partial charge in [0.1, 0.15) is 12.4 Å². The third kappa shape index (κ3) is 6.42. The summed E-state index contributed by atoms with van der Waals surface area (Å²) in [6.07, 6.45) is 3.72. The molecule has 0 unspecified atom stereocenters. The largest absolute Gasteiger partial charge is 0.356 e. The molecule has 32 heavy (non-hydrogen) atoms. The number of hydrogen-bond acceptors (Lipinski definition) is 3. The molecule has 0 aliphatic carbocycles. The Morgan fingerprint density at radius 3 is 2.47 bits per heavy atom. The first kappa shape index (κ1) is 23.5. The second-order valence-electron chi connectivity index (χ2n) is 8.59. The Kier molecular flexibility index (Phi) is 8.42. The number of carbonyl (C=O) groups excluding carboxylic acids is 2. The zero-order valence-electron chi connectivity index (χ0n) is 19.4. The number of para-hydroxylation sites is 2. The quantitative estimate of drug-likeness (QED) is 0.461. The highest BCUT2D eigenvalue weighted by Gasteiger charge is 2.16. The molecule has 170 valence electrons. The molecule has 1 N–H and O–H groups in total. The van der Waals surface area contributed by atoms with Gasteiger partial charge in [-0.05, 0) is 30.5 Å². The molecule has 0 atom stereocenters. The SMILES string of the molecule is CC(C)C(=O)NCCCCCc1nc2ccccc2n1CC(=O)N(C)Cc1ccccc1. The van der Waals surface area contributed by atoms with E-state index in [-0.39, 0.29) is 24.3 Å². The summed E-state index contributed by atoms with van der Waals surface area (Å²) in [5.74, 6) is 1.13. The fourth-order valence-corrected chi connectivity index (χ4v) is 3.69. The van der Waals surface area contributed by atoms with Crippen LogP contribution in [0.4, 0.5) is 0 Å². The molecule has 0 aliphatic rings. The van der Waals surface area contributed by atoms with Crippen LogP contribution in [0.5, 0.6) is 0 Å². The van der Waals surface area contributed by atoms with Gasteiger partial charge in [-0.2, -0.15) is 0 Å². The average molecular weight is 435 g/mol. The van der Waals surface area contributed by atoms with Crippen LogP contribution in [-0.4, -0.2) is 39.9 Å². The summed E-state index contributed by atoms with van der Waals surface area (Å²) in [7, 11) is 1.85. The molecule has 3 rings (SSSR count). The van der Waals surface area contributed by atoms with Crippen LogP contribution in [0.1, 0.15) is 44.5 Å². The summed E-state index contributed by atoms with van der Waals surface area (Å²) in [5.41, 5.74) is 3.03. The van der Waals surface area contributed by atoms with E-state index in [9.17, 15) is 9.59 Å². The van der Waals surface area contributed by atoms with E-state index in [1.165, 1.54) is 0 Å². The van der Waals surface area contributed by atoms with Crippen molar-refractivity contribution in [3.05, 3.63) is 66.0 Å². The molecule has 6 nitrogen and oxygen atoms in total. The monoisotopic (exact) mass is 434 g/mol. The van der Waals surface area contributed by atoms with Crippen LogP contribution in [0, 0.1) is 5.92 Å². The standard InChI is InChI=1S/C26H34N4O2/c1-20(2)26(32)27-17-11-5-8-16-24-28-22-14-9-10-15-23(22)30(24)19-25(31)29(3)18-21-12-6-4-7-13-21/h4,6-7,9-10,12-15,20H,5,8,11,16-19H2,1-3H3,(H,27,32). The number of amides is 2. The molecule has 0 spiro atoms. The maximum Gasteiger partial charge on any atom is 0.242 e. The molecule has 0 bridgehead atoms. The topological polar surface area (TPSA) is 67.2 Å². The normalized spacial score (nSPS) is 11.1. The van der Waals surface area contributed by atoms with Crippen LogP contribution in [0.15, 0.2) is 54.6 Å². The molecule has 1 aromatic heterocycles. The Balaban J connectivity index is 1.60. The zero-order chi connectivity index (χ0) is 22.9. The molecule has 0 radical (unpaired) electrons. The molecule has 0 saturated carbocycles. The number of likely N-dealkylation sites (N-methyl/N-ethyl adjacent to an activating group) is 1. The lowest BCUT2D eigenvalue weighted by Crippen LogP contribution is -2.30. The molecule has 6 heteroatoms. The van der Waals surface area contributed by atoms with E-state index in [0.29, 0.717) is 13.1 Å². The van der Waals surface area contributed by atoms with Crippen LogP contribution in [-0.2, 0) is 29.1 Å². The molecule has 0 aliphatic heterocycles. The van der Waals surface area contributed by atoms with Crippen molar-refractivity contribution >= 4 is 22.8 Å². The van der Waals surface area contributed by atoms with E-state index in [1.54, 1.807) is 4.90 Å². The van der Waals surface area contributed by atoms with Gasteiger partial charge < -0.3 is 14.8 Å². The number of aryl methyl sites for hydroxylation is 1. The van der Waals surface area contributed by atoms with Crippen molar-refractivity contribution in [1.29, 1.82) is 0 Å². The summed E-state index contributed by atoms with van der Waals surface area (Å²) in [6, 6.07) is 18.0.